The van der Waals surface area contributed by atoms with Crippen LogP contribution in [0.4, 0.5) is 0 Å². The molecule has 1 aliphatic carbocycles. The van der Waals surface area contributed by atoms with E-state index in [0.717, 1.165) is 42.4 Å². The predicted octanol–water partition coefficient (Wildman–Crippen LogP) is 4.36. The number of nitrogens with zero attached hydrogens (tertiary/aromatic N) is 1. The van der Waals surface area contributed by atoms with Gasteiger partial charge < -0.3 is 15.1 Å². The normalized spacial score (nSPS) is 26.8. The van der Waals surface area contributed by atoms with E-state index in [0.29, 0.717) is 5.56 Å². The fraction of sp³-hybridized carbons (Fsp3) is 0.643. The van der Waals surface area contributed by atoms with Crippen molar-refractivity contribution < 1.29 is 15.1 Å². The third-order valence-corrected chi connectivity index (χ3v) is 7.79. The topological polar surface area (TPSA) is 48.1 Å². The maximum absolute atomic E-state index is 10.8. The Kier molecular flexibility index (Phi) is 8.84. The van der Waals surface area contributed by atoms with Gasteiger partial charge in [0.2, 0.25) is 0 Å². The number of piperazine rings is 3. The maximum Gasteiger partial charge on any atom is 0.126 e. The molecule has 0 saturated carbocycles. The highest BCUT2D eigenvalue weighted by atomic mass is 16.3. The molecule has 32 heavy (non-hydrogen) atoms. The van der Waals surface area contributed by atoms with Gasteiger partial charge in [0.25, 0.3) is 0 Å². The van der Waals surface area contributed by atoms with Crippen LogP contribution in [0.5, 0.6) is 11.5 Å². The summed E-state index contributed by atoms with van der Waals surface area (Å²) in [5.41, 5.74) is 5.09. The van der Waals surface area contributed by atoms with Gasteiger partial charge in [0.1, 0.15) is 11.5 Å². The zero-order chi connectivity index (χ0) is 23.3. The fourth-order valence-electron chi connectivity index (χ4n) is 5.55. The summed E-state index contributed by atoms with van der Waals surface area (Å²) in [5.74, 6) is 0.783. The smallest absolute Gasteiger partial charge is 0.126 e. The zero-order valence-electron chi connectivity index (χ0n) is 20.8. The van der Waals surface area contributed by atoms with E-state index in [-0.39, 0.29) is 23.3 Å². The molecule has 0 spiro atoms. The molecule has 5 rings (SSSR count). The van der Waals surface area contributed by atoms with E-state index in [1.807, 2.05) is 24.8 Å². The molecule has 178 valence electrons. The van der Waals surface area contributed by atoms with Crippen LogP contribution in [-0.4, -0.2) is 54.4 Å². The van der Waals surface area contributed by atoms with Crippen molar-refractivity contribution in [2.24, 2.45) is 5.92 Å². The summed E-state index contributed by atoms with van der Waals surface area (Å²) < 4.78 is 0. The average Bonchev–Trinajstić information content (AvgIpc) is 2.79. The van der Waals surface area contributed by atoms with Gasteiger partial charge in [-0.3, -0.25) is 4.90 Å². The molecular weight excluding hydrogens is 396 g/mol. The van der Waals surface area contributed by atoms with Gasteiger partial charge in [-0.25, -0.2) is 0 Å². The minimum atomic E-state index is 0.0136. The minimum absolute atomic E-state index is 0.0136. The monoisotopic (exact) mass is 441 g/mol. The second kappa shape index (κ2) is 11.4. The number of quaternary nitrogens is 1. The zero-order valence-corrected chi connectivity index (χ0v) is 20.8. The molecule has 3 N–H and O–H groups in total. The third-order valence-electron chi connectivity index (χ3n) is 7.79. The van der Waals surface area contributed by atoms with Gasteiger partial charge in [0.15, 0.2) is 0 Å². The predicted molar refractivity (Wildman–Crippen MR) is 134 cm³/mol. The summed E-state index contributed by atoms with van der Waals surface area (Å²) in [7, 11) is 0. The summed E-state index contributed by atoms with van der Waals surface area (Å²) in [6, 6.07) is 1.87. The van der Waals surface area contributed by atoms with Crippen molar-refractivity contribution in [2.75, 3.05) is 39.3 Å². The van der Waals surface area contributed by atoms with Gasteiger partial charge in [-0.2, -0.15) is 0 Å². The summed E-state index contributed by atoms with van der Waals surface area (Å²) in [5, 5.41) is 21.5. The average molecular weight is 442 g/mol. The van der Waals surface area contributed by atoms with Crippen LogP contribution in [0.15, 0.2) is 29.9 Å². The SMILES string of the molecule is C1C[NH+]2CCN1CC2.C=C(C)[C@@H]1CCC(C)=C[C@H]1c1c(O)cc(CCCCC)c(C)c1O. The molecule has 3 saturated heterocycles. The molecule has 4 heteroatoms. The van der Waals surface area contributed by atoms with Crippen LogP contribution in [0, 0.1) is 12.8 Å². The van der Waals surface area contributed by atoms with Gasteiger partial charge in [-0.05, 0) is 69.6 Å². The number of unbranched alkanes of at least 4 members (excludes halogenated alkanes) is 2. The molecule has 0 unspecified atom stereocenters. The van der Waals surface area contributed by atoms with Crippen LogP contribution in [0.25, 0.3) is 0 Å². The summed E-state index contributed by atoms with van der Waals surface area (Å²) in [6.45, 7) is 20.7. The first-order chi connectivity index (χ1) is 15.3. The molecule has 1 aromatic rings. The van der Waals surface area contributed by atoms with Gasteiger partial charge >= 0.3 is 0 Å². The Morgan fingerprint density at radius 2 is 1.78 bits per heavy atom. The number of rotatable bonds is 6. The maximum atomic E-state index is 10.8. The lowest BCUT2D eigenvalue weighted by molar-refractivity contribution is -0.914. The fourth-order valence-corrected chi connectivity index (χ4v) is 5.55. The number of aryl methyl sites for hydroxylation is 1. The number of aromatic hydroxyl groups is 2. The number of hydrogen-bond acceptors (Lipinski definition) is 3. The van der Waals surface area contributed by atoms with Crippen LogP contribution >= 0.6 is 0 Å². The van der Waals surface area contributed by atoms with E-state index in [2.05, 4.69) is 31.4 Å². The lowest BCUT2D eigenvalue weighted by Gasteiger charge is -2.38. The molecular formula is C28H45N2O2+. The Hall–Kier alpha value is -1.78. The first kappa shape index (κ1) is 24.9. The van der Waals surface area contributed by atoms with Crippen LogP contribution in [0.2, 0.25) is 0 Å². The van der Waals surface area contributed by atoms with Crippen LogP contribution in [0.3, 0.4) is 0 Å². The Morgan fingerprint density at radius 1 is 1.12 bits per heavy atom. The van der Waals surface area contributed by atoms with E-state index < -0.39 is 0 Å². The number of phenols is 2. The van der Waals surface area contributed by atoms with Crippen molar-refractivity contribution in [2.45, 2.75) is 72.1 Å². The van der Waals surface area contributed by atoms with Crippen LogP contribution in [-0.2, 0) is 6.42 Å². The quantitative estimate of drug-likeness (QED) is 0.454. The number of allylic oxidation sites excluding steroid dienone is 3. The third kappa shape index (κ3) is 5.96. The number of hydrogen-bond donors (Lipinski definition) is 3. The van der Waals surface area contributed by atoms with Crippen molar-refractivity contribution in [1.82, 2.24) is 4.90 Å². The standard InChI is InChI=1S/C22H32O2.C6H12N2/c1-6-7-8-9-17-13-20(23)21(22(24)16(17)5)19-12-15(4)10-11-18(19)14(2)3;1-2-8-5-3-7(1)4-6-8/h12-13,18-19,23-24H,2,6-11H2,1,3-5H3;1-6H2/p+1/t18-,19+;/m0./s1. The van der Waals surface area contributed by atoms with Crippen molar-refractivity contribution in [1.29, 1.82) is 0 Å². The number of fused-ring (bicyclic) bond motifs is 3. The molecule has 0 aromatic heterocycles. The number of phenolic OH excluding ortho intramolecular Hbond substituents is 2. The lowest BCUT2D eigenvalue weighted by atomic mass is 9.73. The van der Waals surface area contributed by atoms with E-state index >= 15 is 0 Å². The molecule has 3 fully saturated rings. The largest absolute Gasteiger partial charge is 0.507 e. The first-order valence-electron chi connectivity index (χ1n) is 12.7. The van der Waals surface area contributed by atoms with Crippen LogP contribution < -0.4 is 4.90 Å². The lowest BCUT2D eigenvalue weighted by Crippen LogP contribution is -3.17. The highest BCUT2D eigenvalue weighted by Crippen LogP contribution is 2.47. The molecule has 2 atom stereocenters. The van der Waals surface area contributed by atoms with E-state index in [1.165, 1.54) is 57.7 Å². The first-order valence-corrected chi connectivity index (χ1v) is 12.7. The Morgan fingerprint density at radius 3 is 2.28 bits per heavy atom. The summed E-state index contributed by atoms with van der Waals surface area (Å²) >= 11 is 0. The van der Waals surface area contributed by atoms with Crippen molar-refractivity contribution in [3.63, 3.8) is 0 Å². The van der Waals surface area contributed by atoms with Crippen LogP contribution in [0.1, 0.15) is 75.5 Å². The van der Waals surface area contributed by atoms with E-state index in [1.54, 1.807) is 0 Å². The molecule has 3 heterocycles. The van der Waals surface area contributed by atoms with E-state index in [4.69, 9.17) is 0 Å². The summed E-state index contributed by atoms with van der Waals surface area (Å²) in [6.07, 6.45) is 8.62. The molecule has 3 aliphatic heterocycles. The Bertz CT molecular complexity index is 798. The number of nitrogens with one attached hydrogen (secondary N) is 1. The molecule has 0 radical (unpaired) electrons. The molecule has 1 aromatic carbocycles. The molecule has 0 amide bonds. The highest BCUT2D eigenvalue weighted by molar-refractivity contribution is 5.56. The van der Waals surface area contributed by atoms with Gasteiger partial charge in [0, 0.05) is 31.1 Å². The van der Waals surface area contributed by atoms with E-state index in [9.17, 15) is 10.2 Å². The summed E-state index contributed by atoms with van der Waals surface area (Å²) in [4.78, 5) is 4.39. The second-order valence-corrected chi connectivity index (χ2v) is 10.3. The van der Waals surface area contributed by atoms with Crippen molar-refractivity contribution in [3.05, 3.63) is 46.6 Å². The minimum Gasteiger partial charge on any atom is -0.507 e. The molecule has 2 bridgehead atoms. The van der Waals surface area contributed by atoms with Crippen molar-refractivity contribution in [3.8, 4) is 11.5 Å². The van der Waals surface area contributed by atoms with Gasteiger partial charge in [0.05, 0.1) is 19.6 Å². The van der Waals surface area contributed by atoms with Crippen molar-refractivity contribution >= 4 is 0 Å². The highest BCUT2D eigenvalue weighted by Gasteiger charge is 2.31. The van der Waals surface area contributed by atoms with Gasteiger partial charge in [-0.1, -0.05) is 43.6 Å². The Balaban J connectivity index is 0.000000297. The second-order valence-electron chi connectivity index (χ2n) is 10.3. The van der Waals surface area contributed by atoms with Gasteiger partial charge in [-0.15, -0.1) is 0 Å². The Labute approximate surface area is 195 Å². The molecule has 4 nitrogen and oxygen atoms in total. The molecule has 4 aliphatic rings. The number of benzene rings is 1.